The van der Waals surface area contributed by atoms with E-state index in [4.69, 9.17) is 9.47 Å². The van der Waals surface area contributed by atoms with Crippen LogP contribution < -0.4 is 20.1 Å². The molecule has 2 amide bonds. The largest absolute Gasteiger partial charge is 0.493 e. The first-order chi connectivity index (χ1) is 13.0. The van der Waals surface area contributed by atoms with Crippen LogP contribution in [0.2, 0.25) is 0 Å². The van der Waals surface area contributed by atoms with Gasteiger partial charge in [-0.2, -0.15) is 5.10 Å². The minimum atomic E-state index is -0.749. The average Bonchev–Trinajstić information content (AvgIpc) is 3.15. The summed E-state index contributed by atoms with van der Waals surface area (Å²) in [5.41, 5.74) is 2.06. The van der Waals surface area contributed by atoms with Crippen molar-refractivity contribution in [1.82, 2.24) is 15.5 Å². The molecule has 0 saturated heterocycles. The molecule has 0 aliphatic carbocycles. The number of rotatable bonds is 5. The van der Waals surface area contributed by atoms with Gasteiger partial charge in [0.1, 0.15) is 0 Å². The second-order valence-corrected chi connectivity index (χ2v) is 5.94. The fourth-order valence-corrected chi connectivity index (χ4v) is 2.67. The molecule has 27 heavy (non-hydrogen) atoms. The summed E-state index contributed by atoms with van der Waals surface area (Å²) in [7, 11) is 3.09. The molecule has 3 aromatic rings. The van der Waals surface area contributed by atoms with Crippen LogP contribution in [0.15, 0.2) is 42.6 Å². The Morgan fingerprint density at radius 2 is 1.81 bits per heavy atom. The Bertz CT molecular complexity index is 983. The van der Waals surface area contributed by atoms with Gasteiger partial charge in [-0.25, -0.2) is 0 Å². The van der Waals surface area contributed by atoms with Gasteiger partial charge >= 0.3 is 11.8 Å². The van der Waals surface area contributed by atoms with Crippen molar-refractivity contribution in [3.05, 3.63) is 48.2 Å². The normalized spacial score (nSPS) is 11.7. The zero-order chi connectivity index (χ0) is 19.4. The van der Waals surface area contributed by atoms with Gasteiger partial charge in [0.05, 0.1) is 32.0 Å². The monoisotopic (exact) mass is 368 g/mol. The van der Waals surface area contributed by atoms with Crippen molar-refractivity contribution in [2.45, 2.75) is 13.0 Å². The maximum absolute atomic E-state index is 12.2. The minimum Gasteiger partial charge on any atom is -0.493 e. The molecular weight excluding hydrogens is 348 g/mol. The van der Waals surface area contributed by atoms with E-state index in [-0.39, 0.29) is 0 Å². The molecule has 3 N–H and O–H groups in total. The van der Waals surface area contributed by atoms with Gasteiger partial charge in [0.15, 0.2) is 11.5 Å². The molecule has 0 spiro atoms. The Balaban J connectivity index is 1.65. The lowest BCUT2D eigenvalue weighted by Gasteiger charge is -2.16. The van der Waals surface area contributed by atoms with Crippen molar-refractivity contribution in [1.29, 1.82) is 0 Å². The van der Waals surface area contributed by atoms with Crippen molar-refractivity contribution in [2.75, 3.05) is 19.5 Å². The molecule has 0 fully saturated rings. The highest BCUT2D eigenvalue weighted by molar-refractivity contribution is 6.39. The smallest absolute Gasteiger partial charge is 0.313 e. The van der Waals surface area contributed by atoms with E-state index in [0.717, 1.165) is 16.5 Å². The Morgan fingerprint density at radius 1 is 1.04 bits per heavy atom. The van der Waals surface area contributed by atoms with Crippen LogP contribution in [0.3, 0.4) is 0 Å². The van der Waals surface area contributed by atoms with Crippen molar-refractivity contribution >= 4 is 28.4 Å². The molecular formula is C19H20N4O4. The summed E-state index contributed by atoms with van der Waals surface area (Å²) in [5.74, 6) is -0.344. The van der Waals surface area contributed by atoms with Crippen molar-refractivity contribution in [3.63, 3.8) is 0 Å². The lowest BCUT2D eigenvalue weighted by atomic mass is 10.1. The van der Waals surface area contributed by atoms with Gasteiger partial charge in [-0.3, -0.25) is 14.7 Å². The second-order valence-electron chi connectivity index (χ2n) is 5.94. The summed E-state index contributed by atoms with van der Waals surface area (Å²) in [5, 5.41) is 12.9. The molecule has 0 aliphatic heterocycles. The summed E-state index contributed by atoms with van der Waals surface area (Å²) >= 11 is 0. The van der Waals surface area contributed by atoms with Crippen molar-refractivity contribution in [2.24, 2.45) is 0 Å². The summed E-state index contributed by atoms with van der Waals surface area (Å²) in [6, 6.07) is 10.1. The van der Waals surface area contributed by atoms with Crippen LogP contribution >= 0.6 is 0 Å². The third-order valence-corrected chi connectivity index (χ3v) is 4.16. The molecule has 2 aromatic carbocycles. The van der Waals surface area contributed by atoms with E-state index in [1.54, 1.807) is 56.6 Å². The van der Waals surface area contributed by atoms with Gasteiger partial charge in [-0.05, 0) is 42.8 Å². The Kier molecular flexibility index (Phi) is 5.25. The number of nitrogens with zero attached hydrogens (tertiary/aromatic N) is 1. The fraction of sp³-hybridized carbons (Fsp3) is 0.211. The number of amides is 2. The number of nitrogens with one attached hydrogen (secondary N) is 3. The number of H-pyrrole nitrogens is 1. The van der Waals surface area contributed by atoms with E-state index in [1.807, 2.05) is 0 Å². The highest BCUT2D eigenvalue weighted by Gasteiger charge is 2.18. The Labute approximate surface area is 155 Å². The lowest BCUT2D eigenvalue weighted by molar-refractivity contribution is -0.136. The number of benzene rings is 2. The number of carbonyl (C=O) groups excluding carboxylic acids is 2. The third-order valence-electron chi connectivity index (χ3n) is 4.16. The van der Waals surface area contributed by atoms with E-state index in [2.05, 4.69) is 20.8 Å². The Hall–Kier alpha value is -3.55. The number of methoxy groups -OCH3 is 2. The molecule has 1 aromatic heterocycles. The maximum Gasteiger partial charge on any atom is 0.313 e. The first-order valence-corrected chi connectivity index (χ1v) is 8.28. The van der Waals surface area contributed by atoms with E-state index < -0.39 is 17.9 Å². The van der Waals surface area contributed by atoms with Crippen LogP contribution in [-0.2, 0) is 9.59 Å². The van der Waals surface area contributed by atoms with Crippen LogP contribution in [0, 0.1) is 0 Å². The van der Waals surface area contributed by atoms with Crippen molar-refractivity contribution < 1.29 is 19.1 Å². The van der Waals surface area contributed by atoms with Crippen LogP contribution in [0.25, 0.3) is 10.9 Å². The number of fused-ring (bicyclic) bond motifs is 1. The number of carbonyl (C=O) groups is 2. The molecule has 0 bridgehead atoms. The molecule has 3 rings (SSSR count). The molecule has 1 unspecified atom stereocenters. The number of aromatic nitrogens is 2. The van der Waals surface area contributed by atoms with Crippen LogP contribution in [0.4, 0.5) is 5.69 Å². The molecule has 0 saturated carbocycles. The zero-order valence-corrected chi connectivity index (χ0v) is 15.2. The molecule has 1 atom stereocenters. The van der Waals surface area contributed by atoms with Crippen molar-refractivity contribution in [3.8, 4) is 11.5 Å². The molecule has 0 aliphatic rings. The average molecular weight is 368 g/mol. The first-order valence-electron chi connectivity index (χ1n) is 8.28. The predicted molar refractivity (Wildman–Crippen MR) is 101 cm³/mol. The second kappa shape index (κ2) is 7.77. The SMILES string of the molecule is COc1ccc(C(C)NC(=O)C(=O)Nc2ccc3cn[nH]c3c2)cc1OC. The maximum atomic E-state index is 12.2. The van der Waals surface area contributed by atoms with Crippen LogP contribution in [0.5, 0.6) is 11.5 Å². The molecule has 8 nitrogen and oxygen atoms in total. The number of aromatic amines is 1. The lowest BCUT2D eigenvalue weighted by Crippen LogP contribution is -2.36. The van der Waals surface area contributed by atoms with Gasteiger partial charge in [-0.1, -0.05) is 6.07 Å². The molecule has 8 heteroatoms. The summed E-state index contributed by atoms with van der Waals surface area (Å²) in [6.45, 7) is 1.78. The highest BCUT2D eigenvalue weighted by atomic mass is 16.5. The Morgan fingerprint density at radius 3 is 2.56 bits per heavy atom. The first kappa shape index (κ1) is 18.2. The van der Waals surface area contributed by atoms with Gasteiger partial charge in [-0.15, -0.1) is 0 Å². The van der Waals surface area contributed by atoms with Crippen LogP contribution in [-0.4, -0.2) is 36.2 Å². The van der Waals surface area contributed by atoms with Gasteiger partial charge in [0.2, 0.25) is 0 Å². The topological polar surface area (TPSA) is 105 Å². The number of hydrogen-bond acceptors (Lipinski definition) is 5. The van der Waals surface area contributed by atoms with Gasteiger partial charge in [0.25, 0.3) is 0 Å². The summed E-state index contributed by atoms with van der Waals surface area (Å²) < 4.78 is 10.5. The van der Waals surface area contributed by atoms with Gasteiger partial charge in [0, 0.05) is 11.1 Å². The molecule has 0 radical (unpaired) electrons. The quantitative estimate of drug-likeness (QED) is 0.600. The number of ether oxygens (including phenoxy) is 2. The zero-order valence-electron chi connectivity index (χ0n) is 15.2. The van der Waals surface area contributed by atoms with E-state index in [0.29, 0.717) is 17.2 Å². The van der Waals surface area contributed by atoms with Gasteiger partial charge < -0.3 is 20.1 Å². The third kappa shape index (κ3) is 4.00. The van der Waals surface area contributed by atoms with Crippen LogP contribution in [0.1, 0.15) is 18.5 Å². The molecule has 1 heterocycles. The fourth-order valence-electron chi connectivity index (χ4n) is 2.67. The predicted octanol–water partition coefficient (Wildman–Crippen LogP) is 2.40. The van der Waals surface area contributed by atoms with E-state index >= 15 is 0 Å². The van der Waals surface area contributed by atoms with E-state index in [1.165, 1.54) is 7.11 Å². The molecule has 140 valence electrons. The summed E-state index contributed by atoms with van der Waals surface area (Å²) in [4.78, 5) is 24.4. The van der Waals surface area contributed by atoms with E-state index in [9.17, 15) is 9.59 Å². The number of hydrogen-bond donors (Lipinski definition) is 3. The summed E-state index contributed by atoms with van der Waals surface area (Å²) in [6.07, 6.45) is 1.68. The minimum absolute atomic E-state index is 0.391. The standard InChI is InChI=1S/C19H20N4O4/c1-11(12-5-7-16(26-2)17(8-12)27-3)21-18(24)19(25)22-14-6-4-13-10-20-23-15(13)9-14/h4-11H,1-3H3,(H,20,23)(H,21,24)(H,22,25). The number of anilines is 1. The highest BCUT2D eigenvalue weighted by Crippen LogP contribution is 2.29.